The van der Waals surface area contributed by atoms with E-state index in [0.29, 0.717) is 22.7 Å². The molecule has 128 valence electrons. The molecule has 0 bridgehead atoms. The van der Waals surface area contributed by atoms with Crippen LogP contribution in [0.15, 0.2) is 42.0 Å². The van der Waals surface area contributed by atoms with Crippen molar-refractivity contribution in [3.05, 3.63) is 54.7 Å². The predicted octanol–water partition coefficient (Wildman–Crippen LogP) is 4.46. The molecule has 0 radical (unpaired) electrons. The Hall–Kier alpha value is -1.80. The van der Waals surface area contributed by atoms with E-state index in [0.717, 1.165) is 7.14 Å². The van der Waals surface area contributed by atoms with E-state index < -0.39 is 5.91 Å². The molecule has 0 heterocycles. The SMILES string of the molecule is COc1cc(/C=C(\C#N)C(=O)Nc2ccccc2I)cc(I)c1OC. The molecule has 0 spiro atoms. The van der Waals surface area contributed by atoms with Crippen LogP contribution < -0.4 is 14.8 Å². The zero-order valence-electron chi connectivity index (χ0n) is 13.5. The molecule has 2 rings (SSSR count). The van der Waals surface area contributed by atoms with Gasteiger partial charge in [0.1, 0.15) is 11.6 Å². The summed E-state index contributed by atoms with van der Waals surface area (Å²) in [4.78, 5) is 12.4. The summed E-state index contributed by atoms with van der Waals surface area (Å²) in [5, 5.41) is 12.1. The lowest BCUT2D eigenvalue weighted by atomic mass is 10.1. The summed E-state index contributed by atoms with van der Waals surface area (Å²) in [5.41, 5.74) is 1.34. The minimum absolute atomic E-state index is 0.00247. The van der Waals surface area contributed by atoms with Crippen molar-refractivity contribution in [2.45, 2.75) is 0 Å². The van der Waals surface area contributed by atoms with Gasteiger partial charge in [-0.1, -0.05) is 12.1 Å². The van der Waals surface area contributed by atoms with Crippen LogP contribution >= 0.6 is 45.2 Å². The molecule has 0 unspecified atom stereocenters. The van der Waals surface area contributed by atoms with E-state index >= 15 is 0 Å². The molecule has 0 aromatic heterocycles. The van der Waals surface area contributed by atoms with Crippen LogP contribution in [-0.4, -0.2) is 20.1 Å². The molecule has 0 saturated heterocycles. The lowest BCUT2D eigenvalue weighted by Crippen LogP contribution is -2.14. The van der Waals surface area contributed by atoms with Crippen molar-refractivity contribution in [3.63, 3.8) is 0 Å². The largest absolute Gasteiger partial charge is 0.493 e. The Morgan fingerprint density at radius 1 is 1.16 bits per heavy atom. The number of ether oxygens (including phenoxy) is 2. The number of halogens is 2. The zero-order valence-corrected chi connectivity index (χ0v) is 17.8. The van der Waals surface area contributed by atoms with Gasteiger partial charge in [-0.3, -0.25) is 4.79 Å². The smallest absolute Gasteiger partial charge is 0.266 e. The number of hydrogen-bond donors (Lipinski definition) is 1. The molecular weight excluding hydrogens is 546 g/mol. The Kier molecular flexibility index (Phi) is 7.07. The number of nitrogens with zero attached hydrogens (tertiary/aromatic N) is 1. The van der Waals surface area contributed by atoms with Gasteiger partial charge >= 0.3 is 0 Å². The molecule has 1 N–H and O–H groups in total. The number of rotatable bonds is 5. The lowest BCUT2D eigenvalue weighted by Gasteiger charge is -2.11. The van der Waals surface area contributed by atoms with Gasteiger partial charge < -0.3 is 14.8 Å². The molecule has 0 fully saturated rings. The summed E-state index contributed by atoms with van der Waals surface area (Å²) in [6, 6.07) is 12.9. The number of methoxy groups -OCH3 is 2. The zero-order chi connectivity index (χ0) is 18.4. The van der Waals surface area contributed by atoms with Crippen LogP contribution in [0.1, 0.15) is 5.56 Å². The Morgan fingerprint density at radius 3 is 2.48 bits per heavy atom. The van der Waals surface area contributed by atoms with Gasteiger partial charge in [0, 0.05) is 3.57 Å². The van der Waals surface area contributed by atoms with Gasteiger partial charge in [-0.15, -0.1) is 0 Å². The van der Waals surface area contributed by atoms with Gasteiger partial charge in [0.15, 0.2) is 11.5 Å². The maximum atomic E-state index is 12.4. The number of carbonyl (C=O) groups excluding carboxylic acids is 1. The molecular formula is C18H14I2N2O3. The highest BCUT2D eigenvalue weighted by molar-refractivity contribution is 14.1. The summed E-state index contributed by atoms with van der Waals surface area (Å²) in [7, 11) is 3.10. The summed E-state index contributed by atoms with van der Waals surface area (Å²) < 4.78 is 12.3. The number of amides is 1. The third-order valence-electron chi connectivity index (χ3n) is 3.25. The highest BCUT2D eigenvalue weighted by Crippen LogP contribution is 2.34. The van der Waals surface area contributed by atoms with E-state index in [-0.39, 0.29) is 5.57 Å². The quantitative estimate of drug-likeness (QED) is 0.334. The Bertz CT molecular complexity index is 873. The molecule has 25 heavy (non-hydrogen) atoms. The van der Waals surface area contributed by atoms with Crippen molar-refractivity contribution < 1.29 is 14.3 Å². The van der Waals surface area contributed by atoms with Crippen LogP contribution in [0.5, 0.6) is 11.5 Å². The summed E-state index contributed by atoms with van der Waals surface area (Å²) >= 11 is 4.24. The second-order valence-corrected chi connectivity index (χ2v) is 7.17. The molecule has 0 saturated carbocycles. The van der Waals surface area contributed by atoms with E-state index in [1.807, 2.05) is 30.3 Å². The number of anilines is 1. The Balaban J connectivity index is 2.34. The van der Waals surface area contributed by atoms with Crippen LogP contribution in [-0.2, 0) is 4.79 Å². The summed E-state index contributed by atoms with van der Waals surface area (Å²) in [6.07, 6.45) is 1.52. The average molecular weight is 560 g/mol. The first-order valence-corrected chi connectivity index (χ1v) is 9.25. The first-order chi connectivity index (χ1) is 12.0. The molecule has 5 nitrogen and oxygen atoms in total. The number of carbonyl (C=O) groups is 1. The Morgan fingerprint density at radius 2 is 1.88 bits per heavy atom. The molecule has 0 aliphatic rings. The third-order valence-corrected chi connectivity index (χ3v) is 5.00. The molecule has 0 aliphatic carbocycles. The van der Waals surface area contributed by atoms with Gasteiger partial charge in [0.25, 0.3) is 5.91 Å². The fraction of sp³-hybridized carbons (Fsp3) is 0.111. The highest BCUT2D eigenvalue weighted by atomic mass is 127. The lowest BCUT2D eigenvalue weighted by molar-refractivity contribution is -0.112. The van der Waals surface area contributed by atoms with Crippen LogP contribution in [0.4, 0.5) is 5.69 Å². The second kappa shape index (κ2) is 9.05. The van der Waals surface area contributed by atoms with E-state index in [9.17, 15) is 10.1 Å². The van der Waals surface area contributed by atoms with Gasteiger partial charge in [0.2, 0.25) is 0 Å². The number of nitriles is 1. The summed E-state index contributed by atoms with van der Waals surface area (Å²) in [5.74, 6) is 0.689. The number of para-hydroxylation sites is 1. The first-order valence-electron chi connectivity index (χ1n) is 7.09. The molecule has 2 aromatic carbocycles. The van der Waals surface area contributed by atoms with Crippen molar-refractivity contribution in [2.75, 3.05) is 19.5 Å². The third kappa shape index (κ3) is 4.85. The fourth-order valence-electron chi connectivity index (χ4n) is 2.09. The Labute approximate surface area is 173 Å². The molecule has 2 aromatic rings. The second-order valence-electron chi connectivity index (χ2n) is 4.84. The van der Waals surface area contributed by atoms with Crippen LogP contribution in [0, 0.1) is 18.5 Å². The maximum absolute atomic E-state index is 12.4. The molecule has 0 aliphatic heterocycles. The van der Waals surface area contributed by atoms with E-state index in [1.165, 1.54) is 13.2 Å². The van der Waals surface area contributed by atoms with Crippen molar-refractivity contribution in [1.82, 2.24) is 0 Å². The van der Waals surface area contributed by atoms with Crippen molar-refractivity contribution in [2.24, 2.45) is 0 Å². The maximum Gasteiger partial charge on any atom is 0.266 e. The molecule has 7 heteroatoms. The van der Waals surface area contributed by atoms with Gasteiger partial charge in [-0.25, -0.2) is 0 Å². The summed E-state index contributed by atoms with van der Waals surface area (Å²) in [6.45, 7) is 0. The predicted molar refractivity (Wildman–Crippen MR) is 114 cm³/mol. The van der Waals surface area contributed by atoms with Crippen LogP contribution in [0.2, 0.25) is 0 Å². The van der Waals surface area contributed by atoms with Crippen LogP contribution in [0.3, 0.4) is 0 Å². The van der Waals surface area contributed by atoms with E-state index in [2.05, 4.69) is 50.5 Å². The van der Waals surface area contributed by atoms with Crippen molar-refractivity contribution in [3.8, 4) is 17.6 Å². The van der Waals surface area contributed by atoms with Crippen LogP contribution in [0.25, 0.3) is 6.08 Å². The fourth-order valence-corrected chi connectivity index (χ4v) is 3.46. The van der Waals surface area contributed by atoms with Gasteiger partial charge in [-0.2, -0.15) is 5.26 Å². The number of hydrogen-bond acceptors (Lipinski definition) is 4. The van der Waals surface area contributed by atoms with Crippen molar-refractivity contribution >= 4 is 62.9 Å². The molecule has 1 amide bonds. The van der Waals surface area contributed by atoms with Crippen molar-refractivity contribution in [1.29, 1.82) is 5.26 Å². The number of nitrogens with one attached hydrogen (secondary N) is 1. The van der Waals surface area contributed by atoms with E-state index in [1.54, 1.807) is 19.2 Å². The highest BCUT2D eigenvalue weighted by Gasteiger charge is 2.14. The normalized spacial score (nSPS) is 10.8. The minimum Gasteiger partial charge on any atom is -0.493 e. The first kappa shape index (κ1) is 19.5. The van der Waals surface area contributed by atoms with Gasteiger partial charge in [-0.05, 0) is 81.1 Å². The standard InChI is InChI=1S/C18H14I2N2O3/c1-24-16-9-11(8-14(20)17(16)25-2)7-12(10-21)18(23)22-15-6-4-3-5-13(15)19/h3-9H,1-2H3,(H,22,23)/b12-7+. The van der Waals surface area contributed by atoms with Gasteiger partial charge in [0.05, 0.1) is 23.5 Å². The molecule has 0 atom stereocenters. The monoisotopic (exact) mass is 560 g/mol. The minimum atomic E-state index is -0.462. The topological polar surface area (TPSA) is 71.3 Å². The average Bonchev–Trinajstić information content (AvgIpc) is 2.60. The number of benzene rings is 2. The van der Waals surface area contributed by atoms with E-state index in [4.69, 9.17) is 9.47 Å².